The lowest BCUT2D eigenvalue weighted by Crippen LogP contribution is -2.44. The van der Waals surface area contributed by atoms with E-state index in [1.54, 1.807) is 0 Å². The Bertz CT molecular complexity index is 208. The second-order valence-corrected chi connectivity index (χ2v) is 4.62. The van der Waals surface area contributed by atoms with Gasteiger partial charge in [-0.15, -0.1) is 0 Å². The molecule has 1 aliphatic rings. The largest absolute Gasteiger partial charge is 0.354 e. The summed E-state index contributed by atoms with van der Waals surface area (Å²) in [7, 11) is 0. The molecule has 88 valence electrons. The van der Waals surface area contributed by atoms with Gasteiger partial charge >= 0.3 is 0 Å². The molecule has 1 aliphatic heterocycles. The molecule has 0 aliphatic carbocycles. The molecular weight excluding hydrogens is 190 g/mol. The third-order valence-electron chi connectivity index (χ3n) is 3.25. The molecule has 0 aromatic rings. The first-order valence-corrected chi connectivity index (χ1v) is 5.82. The van der Waals surface area contributed by atoms with Crippen molar-refractivity contribution in [3.05, 3.63) is 0 Å². The lowest BCUT2D eigenvalue weighted by Gasteiger charge is -2.34. The first kappa shape index (κ1) is 12.5. The maximum absolute atomic E-state index is 11.5. The highest BCUT2D eigenvalue weighted by Crippen LogP contribution is 2.21. The molecule has 3 N–H and O–H groups in total. The molecule has 0 aromatic carbocycles. The predicted octanol–water partition coefficient (Wildman–Crippen LogP) is 0.0392. The van der Waals surface area contributed by atoms with E-state index >= 15 is 0 Å². The molecule has 0 spiro atoms. The fourth-order valence-electron chi connectivity index (χ4n) is 1.96. The maximum atomic E-state index is 11.5. The summed E-state index contributed by atoms with van der Waals surface area (Å²) in [6.45, 7) is 8.25. The van der Waals surface area contributed by atoms with E-state index in [1.807, 2.05) is 0 Å². The highest BCUT2D eigenvalue weighted by molar-refractivity contribution is 5.77. The molecule has 15 heavy (non-hydrogen) atoms. The highest BCUT2D eigenvalue weighted by Gasteiger charge is 2.23. The Kier molecular flexibility index (Phi) is 5.05. The van der Waals surface area contributed by atoms with Crippen LogP contribution in [0.3, 0.4) is 0 Å². The Morgan fingerprint density at radius 2 is 2.20 bits per heavy atom. The summed E-state index contributed by atoms with van der Waals surface area (Å²) in [5.74, 6) is 1.58. The Morgan fingerprint density at radius 3 is 2.80 bits per heavy atom. The van der Waals surface area contributed by atoms with Gasteiger partial charge in [-0.1, -0.05) is 13.8 Å². The van der Waals surface area contributed by atoms with E-state index in [9.17, 15) is 4.79 Å². The van der Waals surface area contributed by atoms with E-state index in [0.717, 1.165) is 19.0 Å². The quantitative estimate of drug-likeness (QED) is 0.693. The van der Waals surface area contributed by atoms with E-state index < -0.39 is 0 Å². The Balaban J connectivity index is 2.24. The van der Waals surface area contributed by atoms with Crippen molar-refractivity contribution < 1.29 is 4.79 Å². The number of nitrogens with zero attached hydrogens (tertiary/aromatic N) is 1. The third-order valence-corrected chi connectivity index (χ3v) is 3.25. The smallest absolute Gasteiger partial charge is 0.234 e. The molecule has 0 bridgehead atoms. The monoisotopic (exact) mass is 213 g/mol. The molecule has 1 heterocycles. The van der Waals surface area contributed by atoms with Crippen LogP contribution in [0.2, 0.25) is 0 Å². The molecule has 1 fully saturated rings. The minimum absolute atomic E-state index is 0.0993. The minimum atomic E-state index is 0.0993. The van der Waals surface area contributed by atoms with Crippen molar-refractivity contribution in [2.24, 2.45) is 17.6 Å². The zero-order chi connectivity index (χ0) is 11.3. The number of nitrogens with two attached hydrogens (primary N) is 1. The third kappa shape index (κ3) is 4.18. The summed E-state index contributed by atoms with van der Waals surface area (Å²) < 4.78 is 0. The molecule has 0 radical (unpaired) electrons. The topological polar surface area (TPSA) is 58.4 Å². The van der Waals surface area contributed by atoms with Gasteiger partial charge in [0.15, 0.2) is 0 Å². The summed E-state index contributed by atoms with van der Waals surface area (Å²) in [5, 5.41) is 2.80. The molecule has 0 aromatic heterocycles. The van der Waals surface area contributed by atoms with Crippen LogP contribution in [0, 0.1) is 11.8 Å². The molecule has 0 saturated carbocycles. The Hall–Kier alpha value is -0.610. The van der Waals surface area contributed by atoms with Crippen LogP contribution in [0.15, 0.2) is 0 Å². The van der Waals surface area contributed by atoms with Gasteiger partial charge in [0.1, 0.15) is 0 Å². The van der Waals surface area contributed by atoms with Gasteiger partial charge < -0.3 is 11.1 Å². The molecule has 1 amide bonds. The normalized spacial score (nSPS) is 27.7. The van der Waals surface area contributed by atoms with Gasteiger partial charge in [0.25, 0.3) is 0 Å². The fourth-order valence-corrected chi connectivity index (χ4v) is 1.96. The van der Waals surface area contributed by atoms with Crippen molar-refractivity contribution in [3.8, 4) is 0 Å². The maximum Gasteiger partial charge on any atom is 0.234 e. The molecule has 1 saturated heterocycles. The fraction of sp³-hybridized carbons (Fsp3) is 0.909. The van der Waals surface area contributed by atoms with Crippen LogP contribution >= 0.6 is 0 Å². The number of amides is 1. The lowest BCUT2D eigenvalue weighted by molar-refractivity contribution is -0.122. The van der Waals surface area contributed by atoms with Crippen LogP contribution in [0.5, 0.6) is 0 Å². The molecule has 2 atom stereocenters. The average molecular weight is 213 g/mol. The van der Waals surface area contributed by atoms with E-state index in [-0.39, 0.29) is 5.91 Å². The Morgan fingerprint density at radius 1 is 1.47 bits per heavy atom. The number of likely N-dealkylation sites (tertiary alicyclic amines) is 1. The van der Waals surface area contributed by atoms with Crippen molar-refractivity contribution in [2.45, 2.75) is 20.3 Å². The van der Waals surface area contributed by atoms with Crippen LogP contribution in [0.25, 0.3) is 0 Å². The van der Waals surface area contributed by atoms with Crippen molar-refractivity contribution >= 4 is 5.91 Å². The summed E-state index contributed by atoms with van der Waals surface area (Å²) >= 11 is 0. The number of rotatable bonds is 4. The van der Waals surface area contributed by atoms with Crippen LogP contribution in [-0.2, 0) is 4.79 Å². The van der Waals surface area contributed by atoms with Gasteiger partial charge in [0.2, 0.25) is 5.91 Å². The van der Waals surface area contributed by atoms with Crippen LogP contribution in [-0.4, -0.2) is 43.5 Å². The van der Waals surface area contributed by atoms with Crippen LogP contribution in [0.1, 0.15) is 20.3 Å². The van der Waals surface area contributed by atoms with Crippen LogP contribution < -0.4 is 11.1 Å². The lowest BCUT2D eigenvalue weighted by atomic mass is 9.89. The SMILES string of the molecule is CC1CCN(CC(=O)NCCN)CC1C. The minimum Gasteiger partial charge on any atom is -0.354 e. The Labute approximate surface area is 92.2 Å². The van der Waals surface area contributed by atoms with Crippen molar-refractivity contribution in [3.63, 3.8) is 0 Å². The van der Waals surface area contributed by atoms with Crippen LogP contribution in [0.4, 0.5) is 0 Å². The molecule has 2 unspecified atom stereocenters. The highest BCUT2D eigenvalue weighted by atomic mass is 16.2. The van der Waals surface area contributed by atoms with Gasteiger partial charge in [-0.2, -0.15) is 0 Å². The molecule has 4 nitrogen and oxygen atoms in total. The first-order valence-electron chi connectivity index (χ1n) is 5.82. The van der Waals surface area contributed by atoms with Crippen molar-refractivity contribution in [1.82, 2.24) is 10.2 Å². The number of hydrogen-bond donors (Lipinski definition) is 2. The second kappa shape index (κ2) is 6.08. The van der Waals surface area contributed by atoms with E-state index in [2.05, 4.69) is 24.1 Å². The van der Waals surface area contributed by atoms with Gasteiger partial charge in [-0.05, 0) is 24.8 Å². The van der Waals surface area contributed by atoms with Gasteiger partial charge in [0, 0.05) is 19.6 Å². The van der Waals surface area contributed by atoms with Crippen molar-refractivity contribution in [1.29, 1.82) is 0 Å². The number of nitrogens with one attached hydrogen (secondary N) is 1. The van der Waals surface area contributed by atoms with Gasteiger partial charge in [0.05, 0.1) is 6.54 Å². The van der Waals surface area contributed by atoms with Gasteiger partial charge in [-0.3, -0.25) is 9.69 Å². The molecule has 4 heteroatoms. The number of carbonyl (C=O) groups excluding carboxylic acids is 1. The zero-order valence-electron chi connectivity index (χ0n) is 9.83. The average Bonchev–Trinajstić information content (AvgIpc) is 2.20. The summed E-state index contributed by atoms with van der Waals surface area (Å²) in [6, 6.07) is 0. The van der Waals surface area contributed by atoms with Crippen molar-refractivity contribution in [2.75, 3.05) is 32.7 Å². The predicted molar refractivity (Wildman–Crippen MR) is 61.4 cm³/mol. The number of carbonyl (C=O) groups is 1. The van der Waals surface area contributed by atoms with E-state index in [0.29, 0.717) is 25.6 Å². The summed E-state index contributed by atoms with van der Waals surface area (Å²) in [5.41, 5.74) is 5.32. The molecular formula is C11H23N3O. The van der Waals surface area contributed by atoms with E-state index in [1.165, 1.54) is 6.42 Å². The molecule has 1 rings (SSSR count). The summed E-state index contributed by atoms with van der Waals surface area (Å²) in [4.78, 5) is 13.7. The first-order chi connectivity index (χ1) is 7.13. The standard InChI is InChI=1S/C11H23N3O/c1-9-3-6-14(7-10(9)2)8-11(15)13-5-4-12/h9-10H,3-8,12H2,1-2H3,(H,13,15). The summed E-state index contributed by atoms with van der Waals surface area (Å²) in [6.07, 6.45) is 1.20. The second-order valence-electron chi connectivity index (χ2n) is 4.62. The zero-order valence-corrected chi connectivity index (χ0v) is 9.83. The van der Waals surface area contributed by atoms with Gasteiger partial charge in [-0.25, -0.2) is 0 Å². The van der Waals surface area contributed by atoms with E-state index in [4.69, 9.17) is 5.73 Å². The number of piperidine rings is 1. The number of hydrogen-bond acceptors (Lipinski definition) is 3.